The number of rotatable bonds is 4. The van der Waals surface area contributed by atoms with E-state index in [0.717, 1.165) is 4.90 Å². The Morgan fingerprint density at radius 1 is 1.36 bits per heavy atom. The van der Waals surface area contributed by atoms with Crippen LogP contribution in [0.5, 0.6) is 0 Å². The molecule has 2 N–H and O–H groups in total. The van der Waals surface area contributed by atoms with Crippen molar-refractivity contribution in [3.8, 4) is 0 Å². The quantitative estimate of drug-likeness (QED) is 0.712. The Bertz CT molecular complexity index is 443. The fourth-order valence-corrected chi connectivity index (χ4v) is 2.16. The van der Waals surface area contributed by atoms with Crippen molar-refractivity contribution < 1.29 is 34.1 Å². The van der Waals surface area contributed by atoms with Crippen LogP contribution in [0.1, 0.15) is 40.5 Å². The van der Waals surface area contributed by atoms with E-state index in [1.165, 1.54) is 0 Å². The van der Waals surface area contributed by atoms with E-state index < -0.39 is 41.8 Å². The lowest BCUT2D eigenvalue weighted by atomic mass is 10.0. The Labute approximate surface area is 129 Å². The molecule has 0 aliphatic carbocycles. The first-order valence-electron chi connectivity index (χ1n) is 7.16. The van der Waals surface area contributed by atoms with Crippen LogP contribution in [-0.4, -0.2) is 63.5 Å². The molecule has 8 heteroatoms. The topological polar surface area (TPSA) is 113 Å². The number of imide groups is 1. The van der Waals surface area contributed by atoms with Crippen molar-refractivity contribution in [1.82, 2.24) is 4.90 Å². The smallest absolute Gasteiger partial charge is 0.417 e. The van der Waals surface area contributed by atoms with Gasteiger partial charge in [0.25, 0.3) is 0 Å². The first-order valence-corrected chi connectivity index (χ1v) is 7.16. The van der Waals surface area contributed by atoms with Gasteiger partial charge in [0.1, 0.15) is 11.7 Å². The molecule has 2 unspecified atom stereocenters. The molecule has 22 heavy (non-hydrogen) atoms. The predicted octanol–water partition coefficient (Wildman–Crippen LogP) is 0.197. The molecule has 0 aromatic rings. The summed E-state index contributed by atoms with van der Waals surface area (Å²) in [7, 11) is 0. The zero-order valence-electron chi connectivity index (χ0n) is 13.2. The van der Waals surface area contributed by atoms with Crippen LogP contribution in [0.25, 0.3) is 0 Å². The molecule has 1 fully saturated rings. The van der Waals surface area contributed by atoms with Gasteiger partial charge in [-0.3, -0.25) is 4.79 Å². The second-order valence-corrected chi connectivity index (χ2v) is 6.04. The average Bonchev–Trinajstić information content (AvgIpc) is 2.77. The van der Waals surface area contributed by atoms with Crippen molar-refractivity contribution in [3.63, 3.8) is 0 Å². The van der Waals surface area contributed by atoms with E-state index in [9.17, 15) is 24.6 Å². The van der Waals surface area contributed by atoms with Crippen molar-refractivity contribution in [2.75, 3.05) is 6.61 Å². The maximum Gasteiger partial charge on any atom is 0.417 e. The van der Waals surface area contributed by atoms with Crippen molar-refractivity contribution in [1.29, 1.82) is 0 Å². The van der Waals surface area contributed by atoms with Crippen molar-refractivity contribution >= 4 is 18.0 Å². The Hall–Kier alpha value is -1.67. The van der Waals surface area contributed by atoms with Crippen LogP contribution in [0.15, 0.2) is 0 Å². The van der Waals surface area contributed by atoms with Gasteiger partial charge in [0.15, 0.2) is 6.10 Å². The number of carbonyl (C=O) groups is 3. The summed E-state index contributed by atoms with van der Waals surface area (Å²) in [6, 6.07) is -1.03. The molecular formula is C14H23NO7. The number of hydrogen-bond donors (Lipinski definition) is 2. The number of aliphatic hydroxyl groups excluding tert-OH is 2. The molecule has 8 nitrogen and oxygen atoms in total. The van der Waals surface area contributed by atoms with Crippen LogP contribution in [0.2, 0.25) is 0 Å². The van der Waals surface area contributed by atoms with Crippen LogP contribution in [0.4, 0.5) is 4.79 Å². The second kappa shape index (κ2) is 7.06. The summed E-state index contributed by atoms with van der Waals surface area (Å²) >= 11 is 0. The molecule has 0 aromatic carbocycles. The predicted molar refractivity (Wildman–Crippen MR) is 74.7 cm³/mol. The van der Waals surface area contributed by atoms with E-state index in [4.69, 9.17) is 4.74 Å². The van der Waals surface area contributed by atoms with Crippen LogP contribution in [0.3, 0.4) is 0 Å². The van der Waals surface area contributed by atoms with Gasteiger partial charge >= 0.3 is 12.1 Å². The van der Waals surface area contributed by atoms with E-state index in [0.29, 0.717) is 0 Å². The van der Waals surface area contributed by atoms with Gasteiger partial charge in [-0.25, -0.2) is 14.5 Å². The van der Waals surface area contributed by atoms with Gasteiger partial charge in [-0.15, -0.1) is 0 Å². The highest BCUT2D eigenvalue weighted by molar-refractivity contribution is 5.94. The summed E-state index contributed by atoms with van der Waals surface area (Å²) < 4.78 is 9.74. The number of esters is 1. The van der Waals surface area contributed by atoms with Crippen LogP contribution in [0, 0.1) is 0 Å². The lowest BCUT2D eigenvalue weighted by Gasteiger charge is -2.30. The third-order valence-corrected chi connectivity index (χ3v) is 3.09. The van der Waals surface area contributed by atoms with Gasteiger partial charge in [0.05, 0.1) is 12.6 Å². The van der Waals surface area contributed by atoms with Crippen LogP contribution >= 0.6 is 0 Å². The van der Waals surface area contributed by atoms with E-state index in [1.807, 2.05) is 0 Å². The van der Waals surface area contributed by atoms with Gasteiger partial charge < -0.3 is 19.7 Å². The fourth-order valence-electron chi connectivity index (χ4n) is 2.16. The molecule has 1 rings (SSSR count). The molecule has 0 saturated carbocycles. The van der Waals surface area contributed by atoms with Gasteiger partial charge in [-0.1, -0.05) is 0 Å². The van der Waals surface area contributed by atoms with Crippen molar-refractivity contribution in [3.05, 3.63) is 0 Å². The number of likely N-dealkylation sites (tertiary alicyclic amines) is 1. The summed E-state index contributed by atoms with van der Waals surface area (Å²) in [5, 5.41) is 19.9. The number of carbonyl (C=O) groups excluding carboxylic acids is 3. The summed E-state index contributed by atoms with van der Waals surface area (Å²) in [5.74, 6) is -1.52. The fraction of sp³-hybridized carbons (Fsp3) is 0.786. The molecule has 126 valence electrons. The summed E-state index contributed by atoms with van der Waals surface area (Å²) in [6.45, 7) is 6.53. The molecule has 1 heterocycles. The highest BCUT2D eigenvalue weighted by atomic mass is 16.6. The third-order valence-electron chi connectivity index (χ3n) is 3.09. The zero-order chi connectivity index (χ0) is 17.1. The molecule has 0 radical (unpaired) electrons. The molecule has 1 saturated heterocycles. The van der Waals surface area contributed by atoms with Gasteiger partial charge in [-0.2, -0.15) is 0 Å². The van der Waals surface area contributed by atoms with E-state index in [-0.39, 0.29) is 19.4 Å². The largest absolute Gasteiger partial charge is 0.464 e. The Morgan fingerprint density at radius 2 is 1.95 bits per heavy atom. The molecule has 3 atom stereocenters. The Kier molecular flexibility index (Phi) is 5.90. The first-order chi connectivity index (χ1) is 10.1. The number of hydrogen-bond acceptors (Lipinski definition) is 7. The second-order valence-electron chi connectivity index (χ2n) is 6.04. The van der Waals surface area contributed by atoms with Crippen molar-refractivity contribution in [2.45, 2.75) is 64.4 Å². The minimum absolute atomic E-state index is 0.0243. The summed E-state index contributed by atoms with van der Waals surface area (Å²) in [5.41, 5.74) is -0.810. The molecular weight excluding hydrogens is 294 g/mol. The van der Waals surface area contributed by atoms with Crippen LogP contribution < -0.4 is 0 Å². The summed E-state index contributed by atoms with van der Waals surface area (Å²) in [6.07, 6.45) is -4.21. The number of nitrogens with zero attached hydrogens (tertiary/aromatic N) is 1. The van der Waals surface area contributed by atoms with Crippen LogP contribution in [-0.2, 0) is 19.1 Å². The van der Waals surface area contributed by atoms with Crippen molar-refractivity contribution in [2.24, 2.45) is 0 Å². The summed E-state index contributed by atoms with van der Waals surface area (Å²) in [4.78, 5) is 36.2. The third kappa shape index (κ3) is 4.41. The zero-order valence-corrected chi connectivity index (χ0v) is 13.2. The highest BCUT2D eigenvalue weighted by Crippen LogP contribution is 2.26. The Balaban J connectivity index is 2.86. The molecule has 1 aliphatic rings. The normalized spacial score (nSPS) is 21.5. The monoisotopic (exact) mass is 317 g/mol. The number of aliphatic hydroxyl groups is 2. The lowest BCUT2D eigenvalue weighted by Crippen LogP contribution is -2.52. The molecule has 0 bridgehead atoms. The van der Waals surface area contributed by atoms with E-state index >= 15 is 0 Å². The highest BCUT2D eigenvalue weighted by Gasteiger charge is 2.45. The maximum absolute atomic E-state index is 12.1. The van der Waals surface area contributed by atoms with E-state index in [2.05, 4.69) is 4.74 Å². The molecule has 1 aliphatic heterocycles. The number of ether oxygens (including phenoxy) is 2. The molecule has 0 spiro atoms. The first kappa shape index (κ1) is 18.4. The minimum atomic E-state index is -1.83. The number of amides is 2. The lowest BCUT2D eigenvalue weighted by molar-refractivity contribution is -0.162. The van der Waals surface area contributed by atoms with Gasteiger partial charge in [0, 0.05) is 6.42 Å². The average molecular weight is 317 g/mol. The molecule has 2 amide bonds. The Morgan fingerprint density at radius 3 is 2.45 bits per heavy atom. The maximum atomic E-state index is 12.1. The standard InChI is InChI=1S/C14H23NO7/c1-5-21-12(19)11(18)10(17)8-6-7-9(16)15(8)13(20)22-14(2,3)4/h8,10-11,17-18H,5-7H2,1-4H3/t8-,10?,11?/m0/s1. The van der Waals surface area contributed by atoms with E-state index in [1.54, 1.807) is 27.7 Å². The SMILES string of the molecule is CCOC(=O)C(O)C(O)[C@@H]1CCC(=O)N1C(=O)OC(C)(C)C. The van der Waals surface area contributed by atoms with Gasteiger partial charge in [0.2, 0.25) is 5.91 Å². The van der Waals surface area contributed by atoms with Gasteiger partial charge in [-0.05, 0) is 34.1 Å². The molecule has 0 aromatic heterocycles. The minimum Gasteiger partial charge on any atom is -0.464 e.